The van der Waals surface area contributed by atoms with Crippen LogP contribution >= 0.6 is 23.2 Å². The number of hydrogen-bond donors (Lipinski definition) is 2. The van der Waals surface area contributed by atoms with Crippen LogP contribution < -0.4 is 15.5 Å². The number of nitrogens with zero attached hydrogens (tertiary/aromatic N) is 1. The predicted molar refractivity (Wildman–Crippen MR) is 129 cm³/mol. The topological polar surface area (TPSA) is 78.5 Å². The van der Waals surface area contributed by atoms with E-state index >= 15 is 0 Å². The summed E-state index contributed by atoms with van der Waals surface area (Å²) in [4.78, 5) is 39.0. The van der Waals surface area contributed by atoms with E-state index < -0.39 is 11.8 Å². The first kappa shape index (κ1) is 22.6. The summed E-state index contributed by atoms with van der Waals surface area (Å²) in [6.07, 6.45) is 0.712. The number of carbonyl (C=O) groups is 3. The first-order valence-corrected chi connectivity index (χ1v) is 10.9. The molecule has 0 radical (unpaired) electrons. The van der Waals surface area contributed by atoms with E-state index in [0.29, 0.717) is 34.9 Å². The van der Waals surface area contributed by atoms with Crippen LogP contribution in [0.3, 0.4) is 0 Å². The zero-order chi connectivity index (χ0) is 23.4. The summed E-state index contributed by atoms with van der Waals surface area (Å²) in [6.45, 7) is 0.487. The summed E-state index contributed by atoms with van der Waals surface area (Å²) in [6, 6.07) is 22.8. The van der Waals surface area contributed by atoms with Crippen molar-refractivity contribution in [3.05, 3.63) is 106 Å². The van der Waals surface area contributed by atoms with Gasteiger partial charge in [-0.15, -0.1) is 0 Å². The minimum absolute atomic E-state index is 0.0572. The van der Waals surface area contributed by atoms with Crippen molar-refractivity contribution in [1.82, 2.24) is 5.32 Å². The molecule has 0 saturated heterocycles. The number of anilines is 2. The molecule has 33 heavy (non-hydrogen) atoms. The molecule has 0 bridgehead atoms. The maximum atomic E-state index is 12.9. The lowest BCUT2D eigenvalue weighted by molar-refractivity contribution is -0.120. The highest BCUT2D eigenvalue weighted by Crippen LogP contribution is 2.30. The lowest BCUT2D eigenvalue weighted by Gasteiger charge is -2.15. The first-order chi connectivity index (χ1) is 15.9. The fourth-order valence-corrected chi connectivity index (χ4v) is 3.72. The third-order valence-corrected chi connectivity index (χ3v) is 5.65. The van der Waals surface area contributed by atoms with E-state index in [9.17, 15) is 14.4 Å². The van der Waals surface area contributed by atoms with Crippen LogP contribution in [0.1, 0.15) is 15.9 Å². The molecule has 0 aliphatic carbocycles. The van der Waals surface area contributed by atoms with Gasteiger partial charge in [-0.3, -0.25) is 14.4 Å². The average molecular weight is 480 g/mol. The number of halogens is 2. The normalized spacial score (nSPS) is 13.5. The summed E-state index contributed by atoms with van der Waals surface area (Å²) in [5.74, 6) is -1.47. The molecule has 0 spiro atoms. The van der Waals surface area contributed by atoms with Crippen LogP contribution in [0.15, 0.2) is 89.6 Å². The third kappa shape index (κ3) is 5.08. The van der Waals surface area contributed by atoms with Gasteiger partial charge >= 0.3 is 0 Å². The zero-order valence-corrected chi connectivity index (χ0v) is 18.9. The molecule has 166 valence electrons. The molecule has 1 aliphatic rings. The fraction of sp³-hybridized carbons (Fsp3) is 0.0800. The molecule has 3 aromatic carbocycles. The Morgan fingerprint density at radius 3 is 2.30 bits per heavy atom. The molecule has 3 amide bonds. The number of imide groups is 1. The van der Waals surface area contributed by atoms with Crippen LogP contribution in [0.25, 0.3) is 0 Å². The van der Waals surface area contributed by atoms with Crippen molar-refractivity contribution in [2.75, 3.05) is 16.8 Å². The van der Waals surface area contributed by atoms with Crippen molar-refractivity contribution < 1.29 is 14.4 Å². The van der Waals surface area contributed by atoms with Crippen molar-refractivity contribution in [1.29, 1.82) is 0 Å². The van der Waals surface area contributed by atoms with Crippen molar-refractivity contribution in [2.24, 2.45) is 0 Å². The smallest absolute Gasteiger partial charge is 0.283 e. The SMILES string of the molecule is O=C(NCCc1ccccc1)c1cccc(NC2=C(Cl)C(=O)N(c3ccc(Cl)cc3)C2=O)c1. The summed E-state index contributed by atoms with van der Waals surface area (Å²) < 4.78 is 0. The molecule has 0 saturated carbocycles. The predicted octanol–water partition coefficient (Wildman–Crippen LogP) is 4.75. The fourth-order valence-electron chi connectivity index (χ4n) is 3.39. The minimum Gasteiger partial charge on any atom is -0.352 e. The second-order valence-electron chi connectivity index (χ2n) is 7.31. The van der Waals surface area contributed by atoms with Gasteiger partial charge in [0.15, 0.2) is 0 Å². The highest BCUT2D eigenvalue weighted by molar-refractivity contribution is 6.53. The van der Waals surface area contributed by atoms with Gasteiger partial charge in [0, 0.05) is 22.8 Å². The molecular formula is C25H19Cl2N3O3. The van der Waals surface area contributed by atoms with Gasteiger partial charge in [-0.05, 0) is 54.4 Å². The van der Waals surface area contributed by atoms with Gasteiger partial charge in [0.2, 0.25) is 0 Å². The largest absolute Gasteiger partial charge is 0.352 e. The molecule has 2 N–H and O–H groups in total. The summed E-state index contributed by atoms with van der Waals surface area (Å²) in [5, 5.41) is 6.02. The van der Waals surface area contributed by atoms with Crippen LogP contribution in [-0.2, 0) is 16.0 Å². The third-order valence-electron chi connectivity index (χ3n) is 5.05. The molecule has 0 fully saturated rings. The van der Waals surface area contributed by atoms with Crippen molar-refractivity contribution in [3.63, 3.8) is 0 Å². The van der Waals surface area contributed by atoms with Gasteiger partial charge < -0.3 is 10.6 Å². The van der Waals surface area contributed by atoms with Crippen LogP contribution in [0.2, 0.25) is 5.02 Å². The molecule has 1 heterocycles. The monoisotopic (exact) mass is 479 g/mol. The van der Waals surface area contributed by atoms with E-state index in [4.69, 9.17) is 23.2 Å². The molecule has 3 aromatic rings. The van der Waals surface area contributed by atoms with Gasteiger partial charge in [-0.2, -0.15) is 0 Å². The number of benzene rings is 3. The molecule has 6 nitrogen and oxygen atoms in total. The standard InChI is InChI=1S/C25H19Cl2N3O3/c26-18-9-11-20(12-10-18)30-24(32)21(27)22(25(30)33)29-19-8-4-7-17(15-19)23(31)28-14-13-16-5-2-1-3-6-16/h1-12,15,29H,13-14H2,(H,28,31). The quantitative estimate of drug-likeness (QED) is 0.479. The van der Waals surface area contributed by atoms with Gasteiger partial charge in [-0.1, -0.05) is 59.6 Å². The van der Waals surface area contributed by atoms with Crippen molar-refractivity contribution >= 4 is 52.3 Å². The molecule has 8 heteroatoms. The lowest BCUT2D eigenvalue weighted by Crippen LogP contribution is -2.32. The van der Waals surface area contributed by atoms with E-state index in [1.54, 1.807) is 48.5 Å². The van der Waals surface area contributed by atoms with E-state index in [2.05, 4.69) is 10.6 Å². The van der Waals surface area contributed by atoms with Gasteiger partial charge in [-0.25, -0.2) is 4.90 Å². The Balaban J connectivity index is 1.44. The minimum atomic E-state index is -0.638. The summed E-state index contributed by atoms with van der Waals surface area (Å²) in [5.41, 5.74) is 2.30. The number of nitrogens with one attached hydrogen (secondary N) is 2. The van der Waals surface area contributed by atoms with Crippen LogP contribution in [0, 0.1) is 0 Å². The Kier molecular flexibility index (Phi) is 6.77. The first-order valence-electron chi connectivity index (χ1n) is 10.2. The molecule has 0 unspecified atom stereocenters. The van der Waals surface area contributed by atoms with E-state index in [1.165, 1.54) is 0 Å². The van der Waals surface area contributed by atoms with E-state index in [-0.39, 0.29) is 16.6 Å². The van der Waals surface area contributed by atoms with E-state index in [0.717, 1.165) is 10.5 Å². The number of amides is 3. The number of carbonyl (C=O) groups excluding carboxylic acids is 3. The highest BCUT2D eigenvalue weighted by Gasteiger charge is 2.38. The van der Waals surface area contributed by atoms with E-state index in [1.807, 2.05) is 30.3 Å². The zero-order valence-electron chi connectivity index (χ0n) is 17.3. The van der Waals surface area contributed by atoms with Crippen LogP contribution in [-0.4, -0.2) is 24.3 Å². The highest BCUT2D eigenvalue weighted by atomic mass is 35.5. The Morgan fingerprint density at radius 1 is 0.848 bits per heavy atom. The molecule has 1 aliphatic heterocycles. The summed E-state index contributed by atoms with van der Waals surface area (Å²) in [7, 11) is 0. The average Bonchev–Trinajstić information content (AvgIpc) is 3.03. The summed E-state index contributed by atoms with van der Waals surface area (Å²) >= 11 is 12.1. The Labute approximate surface area is 200 Å². The maximum Gasteiger partial charge on any atom is 0.283 e. The number of hydrogen-bond acceptors (Lipinski definition) is 4. The van der Waals surface area contributed by atoms with Crippen LogP contribution in [0.4, 0.5) is 11.4 Å². The van der Waals surface area contributed by atoms with Gasteiger partial charge in [0.25, 0.3) is 17.7 Å². The second-order valence-corrected chi connectivity index (χ2v) is 8.12. The second kappa shape index (κ2) is 9.90. The molecule has 0 aromatic heterocycles. The number of rotatable bonds is 7. The van der Waals surface area contributed by atoms with Crippen molar-refractivity contribution in [2.45, 2.75) is 6.42 Å². The Hall–Kier alpha value is -3.61. The Bertz CT molecular complexity index is 1240. The Morgan fingerprint density at radius 2 is 1.58 bits per heavy atom. The van der Waals surface area contributed by atoms with Crippen LogP contribution in [0.5, 0.6) is 0 Å². The lowest BCUT2D eigenvalue weighted by atomic mass is 10.1. The van der Waals surface area contributed by atoms with Gasteiger partial charge in [0.05, 0.1) is 5.69 Å². The molecule has 0 atom stereocenters. The molecular weight excluding hydrogens is 461 g/mol. The maximum absolute atomic E-state index is 12.9. The molecule has 4 rings (SSSR count). The van der Waals surface area contributed by atoms with Gasteiger partial charge in [0.1, 0.15) is 10.7 Å². The van der Waals surface area contributed by atoms with Crippen molar-refractivity contribution in [3.8, 4) is 0 Å².